The molecule has 0 fully saturated rings. The van der Waals surface area contributed by atoms with Crippen molar-refractivity contribution in [2.24, 2.45) is 5.92 Å². The lowest BCUT2D eigenvalue weighted by molar-refractivity contribution is -0.383. The van der Waals surface area contributed by atoms with Crippen molar-refractivity contribution in [3.05, 3.63) is 33.4 Å². The van der Waals surface area contributed by atoms with Crippen LogP contribution in [0, 0.1) is 16.0 Å². The molecule has 1 aliphatic heterocycles. The maximum absolute atomic E-state index is 12.5. The van der Waals surface area contributed by atoms with E-state index in [4.69, 9.17) is 5.73 Å². The van der Waals surface area contributed by atoms with Crippen LogP contribution in [0.4, 0.5) is 11.4 Å². The molecule has 0 saturated carbocycles. The summed E-state index contributed by atoms with van der Waals surface area (Å²) in [6, 6.07) is 2.31. The highest BCUT2D eigenvalue weighted by Crippen LogP contribution is 2.32. The molecule has 0 bridgehead atoms. The average Bonchev–Trinajstić information content (AvgIpc) is 2.70. The molecule has 0 saturated heterocycles. The number of hydrogen-bond acceptors (Lipinski definition) is 6. The van der Waals surface area contributed by atoms with Gasteiger partial charge in [0.1, 0.15) is 5.69 Å². The van der Waals surface area contributed by atoms with E-state index in [9.17, 15) is 19.7 Å². The minimum Gasteiger partial charge on any atom is -0.393 e. The summed E-state index contributed by atoms with van der Waals surface area (Å²) in [6.45, 7) is 6.29. The number of amides is 2. The van der Waals surface area contributed by atoms with Gasteiger partial charge in [0.25, 0.3) is 17.5 Å². The van der Waals surface area contributed by atoms with Crippen LogP contribution in [-0.4, -0.2) is 40.8 Å². The topological polar surface area (TPSA) is 119 Å². The Bertz CT molecular complexity index is 714. The van der Waals surface area contributed by atoms with Crippen LogP contribution in [0.3, 0.4) is 0 Å². The van der Waals surface area contributed by atoms with Gasteiger partial charge in [-0.2, -0.15) is 0 Å². The predicted molar refractivity (Wildman–Crippen MR) is 89.8 cm³/mol. The van der Waals surface area contributed by atoms with Crippen LogP contribution in [0.1, 0.15) is 47.9 Å². The fourth-order valence-corrected chi connectivity index (χ4v) is 3.02. The second-order valence-corrected chi connectivity index (χ2v) is 6.88. The zero-order valence-corrected chi connectivity index (χ0v) is 14.3. The molecular formula is C16H22N4O4. The molecule has 2 amide bonds. The number of nitrogens with one attached hydrogen (secondary N) is 1. The minimum absolute atomic E-state index is 0.0426. The van der Waals surface area contributed by atoms with Crippen molar-refractivity contribution in [3.8, 4) is 0 Å². The number of rotatable bonds is 6. The molecule has 0 aliphatic carbocycles. The van der Waals surface area contributed by atoms with Crippen LogP contribution in [0.5, 0.6) is 0 Å². The van der Waals surface area contributed by atoms with Crippen molar-refractivity contribution in [1.29, 1.82) is 0 Å². The highest BCUT2D eigenvalue weighted by atomic mass is 16.6. The first-order valence-corrected chi connectivity index (χ1v) is 7.70. The number of carbonyl (C=O) groups excluding carboxylic acids is 2. The van der Waals surface area contributed by atoms with E-state index >= 15 is 0 Å². The number of nitro groups is 1. The van der Waals surface area contributed by atoms with E-state index in [2.05, 4.69) is 5.32 Å². The van der Waals surface area contributed by atoms with Crippen molar-refractivity contribution in [2.75, 3.05) is 19.3 Å². The normalized spacial score (nSPS) is 15.6. The van der Waals surface area contributed by atoms with Crippen LogP contribution in [0.2, 0.25) is 0 Å². The van der Waals surface area contributed by atoms with Crippen LogP contribution in [0.15, 0.2) is 12.1 Å². The van der Waals surface area contributed by atoms with E-state index in [1.807, 2.05) is 27.8 Å². The number of anilines is 1. The summed E-state index contributed by atoms with van der Waals surface area (Å²) in [5.41, 5.74) is 5.19. The Morgan fingerprint density at radius 2 is 1.83 bits per heavy atom. The summed E-state index contributed by atoms with van der Waals surface area (Å²) >= 11 is 0. The third-order valence-corrected chi connectivity index (χ3v) is 4.34. The van der Waals surface area contributed by atoms with E-state index in [0.29, 0.717) is 0 Å². The first-order chi connectivity index (χ1) is 11.1. The number of carbonyl (C=O) groups is 2. The van der Waals surface area contributed by atoms with Crippen molar-refractivity contribution >= 4 is 23.2 Å². The Hall–Kier alpha value is -2.48. The lowest BCUT2D eigenvalue weighted by Gasteiger charge is -2.29. The van der Waals surface area contributed by atoms with Gasteiger partial charge >= 0.3 is 0 Å². The molecular weight excluding hydrogens is 312 g/mol. The molecule has 0 radical (unpaired) electrons. The Balaban J connectivity index is 2.25. The van der Waals surface area contributed by atoms with Gasteiger partial charge in [0.15, 0.2) is 0 Å². The first-order valence-electron chi connectivity index (χ1n) is 7.70. The number of imide groups is 1. The Labute approximate surface area is 140 Å². The zero-order valence-electron chi connectivity index (χ0n) is 14.3. The maximum atomic E-state index is 12.5. The van der Waals surface area contributed by atoms with Crippen LogP contribution in [0.25, 0.3) is 0 Å². The molecule has 8 heteroatoms. The van der Waals surface area contributed by atoms with Gasteiger partial charge in [-0.3, -0.25) is 24.6 Å². The third-order valence-electron chi connectivity index (χ3n) is 4.34. The lowest BCUT2D eigenvalue weighted by atomic mass is 9.91. The van der Waals surface area contributed by atoms with E-state index in [0.717, 1.165) is 17.4 Å². The van der Waals surface area contributed by atoms with Gasteiger partial charge in [0, 0.05) is 18.2 Å². The van der Waals surface area contributed by atoms with Crippen molar-refractivity contribution in [1.82, 2.24) is 10.2 Å². The van der Waals surface area contributed by atoms with Gasteiger partial charge in [-0.05, 0) is 39.3 Å². The summed E-state index contributed by atoms with van der Waals surface area (Å²) in [7, 11) is 1.86. The third kappa shape index (κ3) is 3.23. The predicted octanol–water partition coefficient (Wildman–Crippen LogP) is 1.80. The van der Waals surface area contributed by atoms with Gasteiger partial charge in [-0.15, -0.1) is 0 Å². The summed E-state index contributed by atoms with van der Waals surface area (Å²) in [5, 5.41) is 14.2. The molecule has 1 aromatic rings. The smallest absolute Gasteiger partial charge is 0.292 e. The molecule has 1 aliphatic rings. The molecule has 130 valence electrons. The average molecular weight is 334 g/mol. The number of fused-ring (bicyclic) bond motifs is 1. The summed E-state index contributed by atoms with van der Waals surface area (Å²) < 4.78 is 0. The number of nitro benzene ring substituents is 1. The standard InChI is InChI=1S/C16H22N4O4/c1-9(7-16(2,3)18-4)8-19-14(21)10-5-12(17)13(20(23)24)6-11(10)15(19)22/h5-6,9,18H,7-8,17H2,1-4H3. The van der Waals surface area contributed by atoms with E-state index < -0.39 is 16.7 Å². The molecule has 3 N–H and O–H groups in total. The number of nitrogens with zero attached hydrogens (tertiary/aromatic N) is 2. The monoisotopic (exact) mass is 334 g/mol. The first kappa shape index (κ1) is 17.9. The van der Waals surface area contributed by atoms with Crippen molar-refractivity contribution in [3.63, 3.8) is 0 Å². The minimum atomic E-state index is -0.659. The molecule has 1 atom stereocenters. The highest BCUT2D eigenvalue weighted by molar-refractivity contribution is 6.22. The largest absolute Gasteiger partial charge is 0.393 e. The number of nitrogen functional groups attached to an aromatic ring is 1. The molecule has 1 aromatic carbocycles. The molecule has 1 heterocycles. The van der Waals surface area contributed by atoms with Gasteiger partial charge in [0.2, 0.25) is 0 Å². The van der Waals surface area contributed by atoms with Gasteiger partial charge in [-0.1, -0.05) is 6.92 Å². The highest BCUT2D eigenvalue weighted by Gasteiger charge is 2.38. The summed E-state index contributed by atoms with van der Waals surface area (Å²) in [4.78, 5) is 36.4. The molecule has 2 rings (SSSR count). The second-order valence-electron chi connectivity index (χ2n) is 6.88. The molecule has 1 unspecified atom stereocenters. The Morgan fingerprint density at radius 1 is 1.29 bits per heavy atom. The van der Waals surface area contributed by atoms with Crippen LogP contribution in [-0.2, 0) is 0 Å². The second kappa shape index (κ2) is 6.20. The summed E-state index contributed by atoms with van der Waals surface area (Å²) in [5.74, 6) is -0.889. The maximum Gasteiger partial charge on any atom is 0.292 e. The lowest BCUT2D eigenvalue weighted by Crippen LogP contribution is -2.41. The SMILES string of the molecule is CNC(C)(C)CC(C)CN1C(=O)c2cc(N)c([N+](=O)[O-])cc2C1=O. The fourth-order valence-electron chi connectivity index (χ4n) is 3.02. The molecule has 0 spiro atoms. The number of benzene rings is 1. The fraction of sp³-hybridized carbons (Fsp3) is 0.500. The van der Waals surface area contributed by atoms with Crippen LogP contribution >= 0.6 is 0 Å². The Kier molecular flexibility index (Phi) is 4.61. The van der Waals surface area contributed by atoms with Gasteiger partial charge < -0.3 is 11.1 Å². The number of nitrogens with two attached hydrogens (primary N) is 1. The summed E-state index contributed by atoms with van der Waals surface area (Å²) in [6.07, 6.45) is 0.763. The van der Waals surface area contributed by atoms with E-state index in [-0.39, 0.29) is 40.5 Å². The number of hydrogen-bond donors (Lipinski definition) is 2. The zero-order chi connectivity index (χ0) is 18.2. The van der Waals surface area contributed by atoms with Crippen molar-refractivity contribution in [2.45, 2.75) is 32.7 Å². The Morgan fingerprint density at radius 3 is 2.33 bits per heavy atom. The van der Waals surface area contributed by atoms with Gasteiger partial charge in [-0.25, -0.2) is 0 Å². The quantitative estimate of drug-likeness (QED) is 0.354. The molecule has 24 heavy (non-hydrogen) atoms. The van der Waals surface area contributed by atoms with Gasteiger partial charge in [0.05, 0.1) is 16.1 Å². The van der Waals surface area contributed by atoms with E-state index in [1.165, 1.54) is 6.07 Å². The van der Waals surface area contributed by atoms with E-state index in [1.54, 1.807) is 0 Å². The molecule has 0 aromatic heterocycles. The van der Waals surface area contributed by atoms with Crippen molar-refractivity contribution < 1.29 is 14.5 Å². The molecule has 8 nitrogen and oxygen atoms in total. The van der Waals surface area contributed by atoms with Crippen LogP contribution < -0.4 is 11.1 Å².